The molecular weight excluding hydrogens is 252 g/mol. The normalized spacial score (nSPS) is 10.7. The SMILES string of the molecule is CNCC(=O)NCc1ccc(C)cc1OCCC(C)C. The maximum Gasteiger partial charge on any atom is 0.234 e. The first kappa shape index (κ1) is 16.5. The summed E-state index contributed by atoms with van der Waals surface area (Å²) < 4.78 is 5.85. The summed E-state index contributed by atoms with van der Waals surface area (Å²) in [5.74, 6) is 1.48. The highest BCUT2D eigenvalue weighted by Gasteiger charge is 2.07. The molecule has 112 valence electrons. The number of hydrogen-bond donors (Lipinski definition) is 2. The zero-order valence-corrected chi connectivity index (χ0v) is 13.0. The summed E-state index contributed by atoms with van der Waals surface area (Å²) in [6.45, 7) is 7.93. The largest absolute Gasteiger partial charge is 0.493 e. The predicted octanol–water partition coefficient (Wildman–Crippen LogP) is 2.26. The molecule has 0 bridgehead atoms. The fourth-order valence-electron chi connectivity index (χ4n) is 1.76. The maximum absolute atomic E-state index is 11.5. The Bertz CT molecular complexity index is 430. The molecular formula is C16H26N2O2. The summed E-state index contributed by atoms with van der Waals surface area (Å²) in [5.41, 5.74) is 2.18. The lowest BCUT2D eigenvalue weighted by Gasteiger charge is -2.14. The molecule has 2 N–H and O–H groups in total. The molecule has 1 rings (SSSR count). The van der Waals surface area contributed by atoms with E-state index >= 15 is 0 Å². The highest BCUT2D eigenvalue weighted by atomic mass is 16.5. The van der Waals surface area contributed by atoms with E-state index in [1.165, 1.54) is 0 Å². The molecule has 0 saturated heterocycles. The van der Waals surface area contributed by atoms with Crippen LogP contribution in [0.25, 0.3) is 0 Å². The van der Waals surface area contributed by atoms with E-state index in [1.807, 2.05) is 25.1 Å². The van der Waals surface area contributed by atoms with Crippen molar-refractivity contribution < 1.29 is 9.53 Å². The van der Waals surface area contributed by atoms with Crippen LogP contribution in [-0.4, -0.2) is 26.1 Å². The molecule has 0 unspecified atom stereocenters. The monoisotopic (exact) mass is 278 g/mol. The number of aryl methyl sites for hydroxylation is 1. The molecule has 0 heterocycles. The van der Waals surface area contributed by atoms with Crippen LogP contribution in [-0.2, 0) is 11.3 Å². The average Bonchev–Trinajstić information content (AvgIpc) is 2.37. The van der Waals surface area contributed by atoms with Crippen molar-refractivity contribution >= 4 is 5.91 Å². The Balaban J connectivity index is 2.62. The van der Waals surface area contributed by atoms with Gasteiger partial charge in [-0.25, -0.2) is 0 Å². The van der Waals surface area contributed by atoms with Gasteiger partial charge in [0.15, 0.2) is 0 Å². The van der Waals surface area contributed by atoms with Crippen molar-refractivity contribution in [2.24, 2.45) is 5.92 Å². The van der Waals surface area contributed by atoms with Crippen LogP contribution in [0.15, 0.2) is 18.2 Å². The highest BCUT2D eigenvalue weighted by Crippen LogP contribution is 2.21. The molecule has 0 atom stereocenters. The molecule has 4 heteroatoms. The van der Waals surface area contributed by atoms with Gasteiger partial charge >= 0.3 is 0 Å². The summed E-state index contributed by atoms with van der Waals surface area (Å²) in [4.78, 5) is 11.5. The summed E-state index contributed by atoms with van der Waals surface area (Å²) >= 11 is 0. The third-order valence-corrected chi connectivity index (χ3v) is 2.99. The Morgan fingerprint density at radius 2 is 2.10 bits per heavy atom. The molecule has 4 nitrogen and oxygen atoms in total. The van der Waals surface area contributed by atoms with Gasteiger partial charge in [0.05, 0.1) is 13.2 Å². The Labute approximate surface area is 121 Å². The topological polar surface area (TPSA) is 50.4 Å². The molecule has 0 fully saturated rings. The molecule has 0 aliphatic rings. The van der Waals surface area contributed by atoms with Crippen LogP contribution in [0, 0.1) is 12.8 Å². The van der Waals surface area contributed by atoms with Gasteiger partial charge in [0.25, 0.3) is 0 Å². The molecule has 0 radical (unpaired) electrons. The number of hydrogen-bond acceptors (Lipinski definition) is 3. The van der Waals surface area contributed by atoms with Crippen LogP contribution >= 0.6 is 0 Å². The molecule has 0 saturated carbocycles. The van der Waals surface area contributed by atoms with E-state index in [9.17, 15) is 4.79 Å². The minimum absolute atomic E-state index is 0.0128. The number of likely N-dealkylation sites (N-methyl/N-ethyl adjacent to an activating group) is 1. The highest BCUT2D eigenvalue weighted by molar-refractivity contribution is 5.78. The van der Waals surface area contributed by atoms with Crippen LogP contribution in [0.5, 0.6) is 5.75 Å². The fourth-order valence-corrected chi connectivity index (χ4v) is 1.76. The van der Waals surface area contributed by atoms with Gasteiger partial charge in [-0.2, -0.15) is 0 Å². The quantitative estimate of drug-likeness (QED) is 0.767. The summed E-state index contributed by atoms with van der Waals surface area (Å²) in [5, 5.41) is 5.71. The Hall–Kier alpha value is -1.55. The minimum atomic E-state index is -0.0128. The van der Waals surface area contributed by atoms with Gasteiger partial charge in [-0.3, -0.25) is 4.79 Å². The first-order chi connectivity index (χ1) is 9.52. The van der Waals surface area contributed by atoms with E-state index in [0.29, 0.717) is 25.6 Å². The number of carbonyl (C=O) groups excluding carboxylic acids is 1. The van der Waals surface area contributed by atoms with E-state index in [1.54, 1.807) is 7.05 Å². The van der Waals surface area contributed by atoms with E-state index in [4.69, 9.17) is 4.74 Å². The van der Waals surface area contributed by atoms with Gasteiger partial charge in [-0.15, -0.1) is 0 Å². The molecule has 0 aliphatic carbocycles. The number of nitrogens with one attached hydrogen (secondary N) is 2. The summed E-state index contributed by atoms with van der Waals surface area (Å²) in [6.07, 6.45) is 1.03. The lowest BCUT2D eigenvalue weighted by molar-refractivity contribution is -0.120. The van der Waals surface area contributed by atoms with E-state index in [-0.39, 0.29) is 5.91 Å². The average molecular weight is 278 g/mol. The number of amides is 1. The Morgan fingerprint density at radius 3 is 2.75 bits per heavy atom. The van der Waals surface area contributed by atoms with Crippen LogP contribution in [0.4, 0.5) is 0 Å². The van der Waals surface area contributed by atoms with Crippen molar-refractivity contribution in [2.45, 2.75) is 33.7 Å². The molecule has 20 heavy (non-hydrogen) atoms. The molecule has 0 aromatic heterocycles. The van der Waals surface area contributed by atoms with Crippen molar-refractivity contribution in [1.29, 1.82) is 0 Å². The lowest BCUT2D eigenvalue weighted by atomic mass is 10.1. The third kappa shape index (κ3) is 6.06. The first-order valence-corrected chi connectivity index (χ1v) is 7.16. The van der Waals surface area contributed by atoms with E-state index < -0.39 is 0 Å². The van der Waals surface area contributed by atoms with Crippen molar-refractivity contribution in [1.82, 2.24) is 10.6 Å². The van der Waals surface area contributed by atoms with Crippen LogP contribution in [0.2, 0.25) is 0 Å². The van der Waals surface area contributed by atoms with Crippen molar-refractivity contribution in [3.8, 4) is 5.75 Å². The van der Waals surface area contributed by atoms with Crippen LogP contribution in [0.3, 0.4) is 0 Å². The first-order valence-electron chi connectivity index (χ1n) is 7.16. The lowest BCUT2D eigenvalue weighted by Crippen LogP contribution is -2.31. The van der Waals surface area contributed by atoms with E-state index in [0.717, 1.165) is 23.3 Å². The standard InChI is InChI=1S/C16H26N2O2/c1-12(2)7-8-20-15-9-13(3)5-6-14(15)10-18-16(19)11-17-4/h5-6,9,12,17H,7-8,10-11H2,1-4H3,(H,18,19). The Kier molecular flexibility index (Phi) is 7.09. The van der Waals surface area contributed by atoms with E-state index in [2.05, 4.69) is 24.5 Å². The van der Waals surface area contributed by atoms with Crippen molar-refractivity contribution in [2.75, 3.05) is 20.2 Å². The second-order valence-corrected chi connectivity index (χ2v) is 5.45. The number of rotatable bonds is 8. The number of carbonyl (C=O) groups is 1. The zero-order valence-electron chi connectivity index (χ0n) is 13.0. The van der Waals surface area contributed by atoms with Gasteiger partial charge in [-0.1, -0.05) is 26.0 Å². The molecule has 1 aromatic rings. The number of ether oxygens (including phenoxy) is 1. The molecule has 0 spiro atoms. The van der Waals surface area contributed by atoms with Gasteiger partial charge in [-0.05, 0) is 37.9 Å². The fraction of sp³-hybridized carbons (Fsp3) is 0.562. The number of benzene rings is 1. The van der Waals surface area contributed by atoms with Gasteiger partial charge in [0.1, 0.15) is 5.75 Å². The second kappa shape index (κ2) is 8.59. The molecule has 0 aliphatic heterocycles. The van der Waals surface area contributed by atoms with Crippen molar-refractivity contribution in [3.05, 3.63) is 29.3 Å². The van der Waals surface area contributed by atoms with Crippen LogP contribution in [0.1, 0.15) is 31.4 Å². The smallest absolute Gasteiger partial charge is 0.234 e. The van der Waals surface area contributed by atoms with Crippen molar-refractivity contribution in [3.63, 3.8) is 0 Å². The summed E-state index contributed by atoms with van der Waals surface area (Å²) in [6, 6.07) is 6.08. The van der Waals surface area contributed by atoms with Gasteiger partial charge in [0, 0.05) is 12.1 Å². The van der Waals surface area contributed by atoms with Gasteiger partial charge in [0.2, 0.25) is 5.91 Å². The van der Waals surface area contributed by atoms with Gasteiger partial charge < -0.3 is 15.4 Å². The summed E-state index contributed by atoms with van der Waals surface area (Å²) in [7, 11) is 1.76. The second-order valence-electron chi connectivity index (χ2n) is 5.45. The molecule has 1 aromatic carbocycles. The maximum atomic E-state index is 11.5. The minimum Gasteiger partial charge on any atom is -0.493 e. The predicted molar refractivity (Wildman–Crippen MR) is 81.9 cm³/mol. The third-order valence-electron chi connectivity index (χ3n) is 2.99. The van der Waals surface area contributed by atoms with Crippen LogP contribution < -0.4 is 15.4 Å². The zero-order chi connectivity index (χ0) is 15.0. The Morgan fingerprint density at radius 1 is 1.35 bits per heavy atom. The molecule has 1 amide bonds.